The maximum atomic E-state index is 13.1. The Morgan fingerprint density at radius 3 is 0.660 bits per heavy atom. The van der Waals surface area contributed by atoms with E-state index < -0.39 is 97.5 Å². The first-order chi connectivity index (χ1) is 50.0. The number of unbranched alkanes of at least 4 members (excludes halogenated alkanes) is 56. The predicted molar refractivity (Wildman–Crippen MR) is 423 cm³/mol. The summed E-state index contributed by atoms with van der Waals surface area (Å²) in [5.74, 6) is -1.40. The van der Waals surface area contributed by atoms with E-state index >= 15 is 0 Å². The van der Waals surface area contributed by atoms with E-state index in [0.29, 0.717) is 31.6 Å². The summed E-state index contributed by atoms with van der Waals surface area (Å²) in [6, 6.07) is 0. The predicted octanol–water partition coefficient (Wildman–Crippen LogP) is 25.6. The van der Waals surface area contributed by atoms with Crippen molar-refractivity contribution in [1.29, 1.82) is 0 Å². The van der Waals surface area contributed by atoms with Crippen LogP contribution >= 0.6 is 15.6 Å². The van der Waals surface area contributed by atoms with Crippen LogP contribution < -0.4 is 0 Å². The molecule has 0 aliphatic carbocycles. The van der Waals surface area contributed by atoms with Crippen molar-refractivity contribution in [2.75, 3.05) is 39.6 Å². The highest BCUT2D eigenvalue weighted by Gasteiger charge is 2.30. The van der Waals surface area contributed by atoms with Crippen molar-refractivity contribution in [3.05, 3.63) is 0 Å². The fourth-order valence-electron chi connectivity index (χ4n) is 13.1. The van der Waals surface area contributed by atoms with Gasteiger partial charge in [-0.1, -0.05) is 401 Å². The zero-order valence-electron chi connectivity index (χ0n) is 67.5. The largest absolute Gasteiger partial charge is 0.472 e. The standard InChI is InChI=1S/C84H164O17P2/c1-6-9-12-15-18-21-24-27-29-31-33-34-35-36-38-40-43-46-49-54-60-65-70-84(89)100-79(73-94-81(86)67-62-57-52-47-44-42-39-37-32-30-28-25-22-19-16-13-10-7-2)75-98-102(90,91)96-71-78(85)72-97-103(92,93)99-76-80(74-95-82(87)68-63-58-55-50-51-56-61-66-77(4)5)101-83(88)69-64-59-53-48-45-41-26-23-20-17-14-11-8-3/h77-80,85H,6-76H2,1-5H3,(H,90,91)(H,92,93)/t78-,79-,80-/m1/s1. The average molecular weight is 1510 g/mol. The molecule has 0 bridgehead atoms. The van der Waals surface area contributed by atoms with Gasteiger partial charge in [0.1, 0.15) is 19.3 Å². The molecule has 0 aromatic rings. The number of esters is 4. The number of phosphoric ester groups is 2. The van der Waals surface area contributed by atoms with E-state index in [4.69, 9.17) is 37.0 Å². The molecular weight excluding hydrogens is 1340 g/mol. The van der Waals surface area contributed by atoms with Gasteiger partial charge in [-0.05, 0) is 31.6 Å². The summed E-state index contributed by atoms with van der Waals surface area (Å²) in [5.41, 5.74) is 0. The Bertz CT molecular complexity index is 1960. The van der Waals surface area contributed by atoms with Crippen molar-refractivity contribution in [1.82, 2.24) is 0 Å². The van der Waals surface area contributed by atoms with Gasteiger partial charge in [0.25, 0.3) is 0 Å². The van der Waals surface area contributed by atoms with E-state index in [0.717, 1.165) is 96.3 Å². The average Bonchev–Trinajstić information content (AvgIpc) is 1.03. The maximum Gasteiger partial charge on any atom is 0.472 e. The molecule has 0 heterocycles. The van der Waals surface area contributed by atoms with Gasteiger partial charge >= 0.3 is 39.5 Å². The van der Waals surface area contributed by atoms with Gasteiger partial charge in [0.2, 0.25) is 0 Å². The molecule has 103 heavy (non-hydrogen) atoms. The molecule has 5 atom stereocenters. The van der Waals surface area contributed by atoms with Crippen molar-refractivity contribution < 1.29 is 80.2 Å². The lowest BCUT2D eigenvalue weighted by Gasteiger charge is -2.21. The van der Waals surface area contributed by atoms with E-state index in [2.05, 4.69) is 34.6 Å². The number of carbonyl (C=O) groups excluding carboxylic acids is 4. The molecule has 0 radical (unpaired) electrons. The lowest BCUT2D eigenvalue weighted by molar-refractivity contribution is -0.161. The van der Waals surface area contributed by atoms with Crippen LogP contribution in [0, 0.1) is 5.92 Å². The molecular formula is C84H164O17P2. The molecule has 0 saturated heterocycles. The summed E-state index contributed by atoms with van der Waals surface area (Å²) in [6.45, 7) is 7.29. The second-order valence-electron chi connectivity index (χ2n) is 30.7. The van der Waals surface area contributed by atoms with Gasteiger partial charge in [-0.2, -0.15) is 0 Å². The van der Waals surface area contributed by atoms with Gasteiger partial charge in [0.15, 0.2) is 12.2 Å². The van der Waals surface area contributed by atoms with Crippen LogP contribution in [0.3, 0.4) is 0 Å². The summed E-state index contributed by atoms with van der Waals surface area (Å²) in [7, 11) is -9.92. The molecule has 0 fully saturated rings. The summed E-state index contributed by atoms with van der Waals surface area (Å²) < 4.78 is 68.8. The molecule has 0 aromatic carbocycles. The third-order valence-electron chi connectivity index (χ3n) is 19.8. The first kappa shape index (κ1) is 101. The first-order valence-corrected chi connectivity index (χ1v) is 46.6. The Balaban J connectivity index is 5.20. The SMILES string of the molecule is CCCCCCCCCCCCCCCCCCCCCCCCC(=O)O[C@H](COC(=O)CCCCCCCCCCCCCCCCCCCC)COP(=O)(O)OC[C@@H](O)COP(=O)(O)OC[C@@H](COC(=O)CCCCCCCCCC(C)C)OC(=O)CCCCCCCCCCCCCCC. The number of aliphatic hydroxyl groups is 1. The molecule has 17 nitrogen and oxygen atoms in total. The quantitative estimate of drug-likeness (QED) is 0.0222. The van der Waals surface area contributed by atoms with Crippen LogP contribution in [0.2, 0.25) is 0 Å². The molecule has 0 spiro atoms. The van der Waals surface area contributed by atoms with Crippen molar-refractivity contribution in [2.45, 2.75) is 470 Å². The Hall–Kier alpha value is -1.94. The van der Waals surface area contributed by atoms with Crippen LogP contribution in [0.15, 0.2) is 0 Å². The maximum absolute atomic E-state index is 13.1. The zero-order chi connectivity index (χ0) is 75.5. The second kappa shape index (κ2) is 76.8. The van der Waals surface area contributed by atoms with E-state index in [1.165, 1.54) is 270 Å². The van der Waals surface area contributed by atoms with Crippen LogP contribution in [0.25, 0.3) is 0 Å². The molecule has 0 amide bonds. The number of ether oxygens (including phenoxy) is 4. The number of rotatable bonds is 84. The zero-order valence-corrected chi connectivity index (χ0v) is 69.3. The molecule has 0 saturated carbocycles. The molecule has 612 valence electrons. The van der Waals surface area contributed by atoms with E-state index in [-0.39, 0.29) is 25.7 Å². The highest BCUT2D eigenvalue weighted by molar-refractivity contribution is 7.47. The second-order valence-corrected chi connectivity index (χ2v) is 33.6. The summed E-state index contributed by atoms with van der Waals surface area (Å²) >= 11 is 0. The van der Waals surface area contributed by atoms with Crippen LogP contribution in [0.1, 0.15) is 452 Å². The van der Waals surface area contributed by atoms with Gasteiger partial charge in [-0.25, -0.2) is 9.13 Å². The molecule has 0 aliphatic rings. The van der Waals surface area contributed by atoms with E-state index in [1.807, 2.05) is 0 Å². The van der Waals surface area contributed by atoms with Crippen molar-refractivity contribution in [3.63, 3.8) is 0 Å². The lowest BCUT2D eigenvalue weighted by Crippen LogP contribution is -2.30. The number of aliphatic hydroxyl groups excluding tert-OH is 1. The lowest BCUT2D eigenvalue weighted by atomic mass is 10.0. The Kier molecular flexibility index (Phi) is 75.4. The van der Waals surface area contributed by atoms with Gasteiger partial charge in [-0.15, -0.1) is 0 Å². The van der Waals surface area contributed by atoms with E-state index in [1.54, 1.807) is 0 Å². The fourth-order valence-corrected chi connectivity index (χ4v) is 14.7. The number of hydrogen-bond donors (Lipinski definition) is 3. The minimum Gasteiger partial charge on any atom is -0.462 e. The third kappa shape index (κ3) is 78.0. The van der Waals surface area contributed by atoms with Crippen LogP contribution in [-0.2, 0) is 65.4 Å². The molecule has 3 N–H and O–H groups in total. The van der Waals surface area contributed by atoms with Crippen LogP contribution in [-0.4, -0.2) is 96.7 Å². The smallest absolute Gasteiger partial charge is 0.462 e. The third-order valence-corrected chi connectivity index (χ3v) is 21.7. The fraction of sp³-hybridized carbons (Fsp3) is 0.952. The minimum absolute atomic E-state index is 0.107. The summed E-state index contributed by atoms with van der Waals surface area (Å²) in [4.78, 5) is 73.1. The van der Waals surface area contributed by atoms with Crippen molar-refractivity contribution in [3.8, 4) is 0 Å². The minimum atomic E-state index is -4.96. The topological polar surface area (TPSA) is 237 Å². The van der Waals surface area contributed by atoms with Crippen molar-refractivity contribution in [2.24, 2.45) is 5.92 Å². The molecule has 2 unspecified atom stereocenters. The van der Waals surface area contributed by atoms with Gasteiger partial charge in [-0.3, -0.25) is 37.3 Å². The summed E-state index contributed by atoms with van der Waals surface area (Å²) in [5, 5.41) is 10.7. The number of phosphoric acid groups is 2. The Morgan fingerprint density at radius 1 is 0.262 bits per heavy atom. The molecule has 0 rings (SSSR count). The van der Waals surface area contributed by atoms with E-state index in [9.17, 15) is 43.2 Å². The summed E-state index contributed by atoms with van der Waals surface area (Å²) in [6.07, 6.45) is 69.6. The van der Waals surface area contributed by atoms with Crippen molar-refractivity contribution >= 4 is 39.5 Å². The van der Waals surface area contributed by atoms with Gasteiger partial charge in [0.05, 0.1) is 26.4 Å². The Labute approximate surface area is 632 Å². The van der Waals surface area contributed by atoms with Crippen LogP contribution in [0.5, 0.6) is 0 Å². The highest BCUT2D eigenvalue weighted by Crippen LogP contribution is 2.45. The Morgan fingerprint density at radius 2 is 0.447 bits per heavy atom. The monoisotopic (exact) mass is 1510 g/mol. The molecule has 19 heteroatoms. The van der Waals surface area contributed by atoms with Gasteiger partial charge < -0.3 is 33.8 Å². The normalized spacial score (nSPS) is 13.8. The molecule has 0 aliphatic heterocycles. The number of hydrogen-bond acceptors (Lipinski definition) is 15. The van der Waals surface area contributed by atoms with Crippen LogP contribution in [0.4, 0.5) is 0 Å². The highest BCUT2D eigenvalue weighted by atomic mass is 31.2. The first-order valence-electron chi connectivity index (χ1n) is 43.6. The number of carbonyl (C=O) groups is 4. The van der Waals surface area contributed by atoms with Gasteiger partial charge in [0, 0.05) is 25.7 Å². The molecule has 0 aromatic heterocycles.